The summed E-state index contributed by atoms with van der Waals surface area (Å²) in [5, 5.41) is 12.9. The maximum Gasteiger partial charge on any atom is 0.255 e. The number of pyridine rings is 1. The predicted molar refractivity (Wildman–Crippen MR) is 96.3 cm³/mol. The van der Waals surface area contributed by atoms with Crippen LogP contribution in [-0.4, -0.2) is 32.7 Å². The number of nitrogens with zero attached hydrogens (tertiary/aromatic N) is 2. The van der Waals surface area contributed by atoms with E-state index in [1.54, 1.807) is 24.5 Å². The number of carbonyl (C=O) groups excluding carboxylic acids is 1. The SMILES string of the molecule is O=C(N[C@H]1CCC[C@@H]1O)c1cn(Cc2ccc(F)cc2)c2cccnc12. The van der Waals surface area contributed by atoms with Crippen molar-refractivity contribution in [2.24, 2.45) is 0 Å². The van der Waals surface area contributed by atoms with Crippen LogP contribution in [0.15, 0.2) is 48.8 Å². The van der Waals surface area contributed by atoms with Gasteiger partial charge in [-0.05, 0) is 49.1 Å². The van der Waals surface area contributed by atoms with Gasteiger partial charge in [0.1, 0.15) is 11.3 Å². The molecule has 2 atom stereocenters. The lowest BCUT2D eigenvalue weighted by Gasteiger charge is -2.15. The van der Waals surface area contributed by atoms with Gasteiger partial charge >= 0.3 is 0 Å². The Balaban J connectivity index is 1.65. The highest BCUT2D eigenvalue weighted by atomic mass is 19.1. The number of aromatic nitrogens is 2. The van der Waals surface area contributed by atoms with Gasteiger partial charge in [0.2, 0.25) is 0 Å². The van der Waals surface area contributed by atoms with Gasteiger partial charge in [-0.3, -0.25) is 9.78 Å². The minimum Gasteiger partial charge on any atom is -0.391 e. The molecule has 3 aromatic rings. The van der Waals surface area contributed by atoms with E-state index in [-0.39, 0.29) is 17.8 Å². The molecule has 0 radical (unpaired) electrons. The second-order valence-corrected chi connectivity index (χ2v) is 6.75. The molecule has 2 heterocycles. The standard InChI is InChI=1S/C20H20FN3O2/c21-14-8-6-13(7-9-14)11-24-12-15(19-17(24)4-2-10-22-19)20(26)23-16-3-1-5-18(16)25/h2,4,6-10,12,16,18,25H,1,3,5,11H2,(H,23,26)/t16-,18-/m0/s1. The normalized spacial score (nSPS) is 19.8. The molecule has 0 bridgehead atoms. The lowest BCUT2D eigenvalue weighted by molar-refractivity contribution is 0.0874. The molecule has 1 aliphatic carbocycles. The largest absolute Gasteiger partial charge is 0.391 e. The summed E-state index contributed by atoms with van der Waals surface area (Å²) in [7, 11) is 0. The maximum atomic E-state index is 13.1. The summed E-state index contributed by atoms with van der Waals surface area (Å²) in [5.41, 5.74) is 2.89. The fourth-order valence-electron chi connectivity index (χ4n) is 3.56. The molecule has 1 aliphatic rings. The van der Waals surface area contributed by atoms with Crippen molar-refractivity contribution < 1.29 is 14.3 Å². The molecule has 26 heavy (non-hydrogen) atoms. The number of fused-ring (bicyclic) bond motifs is 1. The lowest BCUT2D eigenvalue weighted by Crippen LogP contribution is -2.39. The fourth-order valence-corrected chi connectivity index (χ4v) is 3.56. The van der Waals surface area contributed by atoms with E-state index < -0.39 is 6.10 Å². The summed E-state index contributed by atoms with van der Waals surface area (Å²) >= 11 is 0. The Morgan fingerprint density at radius 3 is 2.81 bits per heavy atom. The smallest absolute Gasteiger partial charge is 0.255 e. The monoisotopic (exact) mass is 353 g/mol. The van der Waals surface area contributed by atoms with E-state index in [1.165, 1.54) is 12.1 Å². The summed E-state index contributed by atoms with van der Waals surface area (Å²) in [6, 6.07) is 9.83. The molecule has 0 unspecified atom stereocenters. The first-order chi connectivity index (χ1) is 12.6. The molecular weight excluding hydrogens is 333 g/mol. The Morgan fingerprint density at radius 1 is 1.27 bits per heavy atom. The van der Waals surface area contributed by atoms with Crippen LogP contribution in [0.2, 0.25) is 0 Å². The summed E-state index contributed by atoms with van der Waals surface area (Å²) in [6.07, 6.45) is 5.36. The summed E-state index contributed by atoms with van der Waals surface area (Å²) in [4.78, 5) is 17.1. The van der Waals surface area contributed by atoms with Gasteiger partial charge < -0.3 is 15.0 Å². The third kappa shape index (κ3) is 3.20. The molecule has 1 aromatic carbocycles. The number of hydrogen-bond acceptors (Lipinski definition) is 3. The van der Waals surface area contributed by atoms with Gasteiger partial charge in [-0.25, -0.2) is 4.39 Å². The number of halogens is 1. The highest BCUT2D eigenvalue weighted by Crippen LogP contribution is 2.23. The molecule has 0 spiro atoms. The third-order valence-corrected chi connectivity index (χ3v) is 4.94. The molecule has 2 aromatic heterocycles. The quantitative estimate of drug-likeness (QED) is 0.758. The van der Waals surface area contributed by atoms with Gasteiger partial charge in [-0.15, -0.1) is 0 Å². The molecule has 134 valence electrons. The first kappa shape index (κ1) is 16.7. The van der Waals surface area contributed by atoms with E-state index >= 15 is 0 Å². The summed E-state index contributed by atoms with van der Waals surface area (Å²) < 4.78 is 15.1. The van der Waals surface area contributed by atoms with Crippen molar-refractivity contribution >= 4 is 16.9 Å². The van der Waals surface area contributed by atoms with E-state index in [0.717, 1.165) is 30.3 Å². The van der Waals surface area contributed by atoms with Gasteiger partial charge in [0.25, 0.3) is 5.91 Å². The van der Waals surface area contributed by atoms with Crippen molar-refractivity contribution in [2.75, 3.05) is 0 Å². The minimum absolute atomic E-state index is 0.207. The number of carbonyl (C=O) groups is 1. The highest BCUT2D eigenvalue weighted by Gasteiger charge is 2.28. The minimum atomic E-state index is -0.487. The molecule has 1 amide bonds. The second-order valence-electron chi connectivity index (χ2n) is 6.75. The van der Waals surface area contributed by atoms with Crippen LogP contribution in [0.4, 0.5) is 4.39 Å². The topological polar surface area (TPSA) is 67.2 Å². The van der Waals surface area contributed by atoms with E-state index in [4.69, 9.17) is 0 Å². The zero-order chi connectivity index (χ0) is 18.1. The van der Waals surface area contributed by atoms with Gasteiger partial charge in [0.05, 0.1) is 23.2 Å². The molecule has 6 heteroatoms. The summed E-state index contributed by atoms with van der Waals surface area (Å²) in [6.45, 7) is 0.516. The van der Waals surface area contributed by atoms with Crippen molar-refractivity contribution in [1.29, 1.82) is 0 Å². The van der Waals surface area contributed by atoms with Crippen LogP contribution < -0.4 is 5.32 Å². The number of aliphatic hydroxyl groups is 1. The number of amides is 1. The first-order valence-electron chi connectivity index (χ1n) is 8.79. The average Bonchev–Trinajstić information content (AvgIpc) is 3.21. The number of rotatable bonds is 4. The van der Waals surface area contributed by atoms with Crippen molar-refractivity contribution in [3.63, 3.8) is 0 Å². The molecule has 2 N–H and O–H groups in total. The van der Waals surface area contributed by atoms with Crippen LogP contribution in [0.1, 0.15) is 35.2 Å². The molecule has 1 saturated carbocycles. The lowest BCUT2D eigenvalue weighted by atomic mass is 10.2. The van der Waals surface area contributed by atoms with Gasteiger partial charge in [-0.1, -0.05) is 12.1 Å². The van der Waals surface area contributed by atoms with Crippen LogP contribution in [0.25, 0.3) is 11.0 Å². The molecule has 0 saturated heterocycles. The molecule has 0 aliphatic heterocycles. The predicted octanol–water partition coefficient (Wildman–Crippen LogP) is 2.87. The molecule has 1 fully saturated rings. The Morgan fingerprint density at radius 2 is 2.08 bits per heavy atom. The first-order valence-corrected chi connectivity index (χ1v) is 8.79. The van der Waals surface area contributed by atoms with Crippen LogP contribution in [0.3, 0.4) is 0 Å². The van der Waals surface area contributed by atoms with Crippen LogP contribution in [-0.2, 0) is 6.54 Å². The van der Waals surface area contributed by atoms with Gasteiger partial charge in [0, 0.05) is 18.9 Å². The summed E-state index contributed by atoms with van der Waals surface area (Å²) in [5.74, 6) is -0.500. The van der Waals surface area contributed by atoms with Crippen LogP contribution >= 0.6 is 0 Å². The van der Waals surface area contributed by atoms with E-state index in [9.17, 15) is 14.3 Å². The zero-order valence-corrected chi connectivity index (χ0v) is 14.2. The number of hydrogen-bond donors (Lipinski definition) is 2. The van der Waals surface area contributed by atoms with Gasteiger partial charge in [-0.2, -0.15) is 0 Å². The van der Waals surface area contributed by atoms with Crippen molar-refractivity contribution in [2.45, 2.75) is 38.0 Å². The zero-order valence-electron chi connectivity index (χ0n) is 14.2. The van der Waals surface area contributed by atoms with E-state index in [1.807, 2.05) is 16.7 Å². The number of aliphatic hydroxyl groups excluding tert-OH is 1. The Labute approximate surface area is 150 Å². The highest BCUT2D eigenvalue weighted by molar-refractivity contribution is 6.05. The fraction of sp³-hybridized carbons (Fsp3) is 0.300. The van der Waals surface area contributed by atoms with Crippen molar-refractivity contribution in [3.8, 4) is 0 Å². The number of nitrogens with one attached hydrogen (secondary N) is 1. The third-order valence-electron chi connectivity index (χ3n) is 4.94. The Bertz CT molecular complexity index is 936. The van der Waals surface area contributed by atoms with Crippen molar-refractivity contribution in [1.82, 2.24) is 14.9 Å². The molecule has 5 nitrogen and oxygen atoms in total. The van der Waals surface area contributed by atoms with E-state index in [2.05, 4.69) is 10.3 Å². The van der Waals surface area contributed by atoms with Crippen LogP contribution in [0, 0.1) is 5.82 Å². The maximum absolute atomic E-state index is 13.1. The van der Waals surface area contributed by atoms with Crippen molar-refractivity contribution in [3.05, 3.63) is 65.7 Å². The van der Waals surface area contributed by atoms with Crippen LogP contribution in [0.5, 0.6) is 0 Å². The molecule has 4 rings (SSSR count). The van der Waals surface area contributed by atoms with E-state index in [0.29, 0.717) is 17.6 Å². The Kier molecular flexibility index (Phi) is 4.42. The second kappa shape index (κ2) is 6.88. The average molecular weight is 353 g/mol. The van der Waals surface area contributed by atoms with Gasteiger partial charge in [0.15, 0.2) is 0 Å². The number of benzene rings is 1. The molecular formula is C20H20FN3O2. The Hall–Kier alpha value is -2.73.